The van der Waals surface area contributed by atoms with Gasteiger partial charge >= 0.3 is 5.97 Å². The molecular formula is C34H28ClF2N7O4. The molecule has 0 radical (unpaired) electrons. The number of hydrogen-bond acceptors (Lipinski definition) is 8. The number of imidazole rings is 1. The molecule has 0 saturated carbocycles. The first-order valence-electron chi connectivity index (χ1n) is 15.0. The van der Waals surface area contributed by atoms with Crippen molar-refractivity contribution in [1.82, 2.24) is 34.5 Å². The van der Waals surface area contributed by atoms with Crippen molar-refractivity contribution in [3.8, 4) is 22.8 Å². The first-order valence-corrected chi connectivity index (χ1v) is 15.4. The van der Waals surface area contributed by atoms with E-state index in [1.54, 1.807) is 48.8 Å². The summed E-state index contributed by atoms with van der Waals surface area (Å²) in [6, 6.07) is 13.2. The predicted octanol–water partition coefficient (Wildman–Crippen LogP) is 6.47. The first kappa shape index (κ1) is 31.3. The number of aromatic nitrogens is 7. The van der Waals surface area contributed by atoms with Crippen molar-refractivity contribution in [2.75, 3.05) is 13.2 Å². The zero-order valence-electron chi connectivity index (χ0n) is 25.8. The van der Waals surface area contributed by atoms with Crippen LogP contribution in [-0.2, 0) is 17.8 Å². The zero-order valence-corrected chi connectivity index (χ0v) is 26.5. The van der Waals surface area contributed by atoms with Gasteiger partial charge in [0.2, 0.25) is 5.88 Å². The van der Waals surface area contributed by atoms with Crippen LogP contribution in [0.5, 0.6) is 5.88 Å². The van der Waals surface area contributed by atoms with E-state index < -0.39 is 17.6 Å². The molecule has 11 nitrogen and oxygen atoms in total. The molecule has 14 heteroatoms. The fraction of sp³-hybridized carbons (Fsp3) is 0.235. The number of pyridine rings is 2. The van der Waals surface area contributed by atoms with E-state index in [2.05, 4.69) is 20.3 Å². The lowest BCUT2D eigenvalue weighted by molar-refractivity contribution is 0.0697. The predicted molar refractivity (Wildman–Crippen MR) is 171 cm³/mol. The molecule has 5 heterocycles. The largest absolute Gasteiger partial charge is 0.478 e. The Hall–Kier alpha value is -5.27. The molecule has 1 saturated heterocycles. The van der Waals surface area contributed by atoms with Crippen molar-refractivity contribution in [3.63, 3.8) is 0 Å². The highest BCUT2D eigenvalue weighted by molar-refractivity contribution is 6.31. The maximum atomic E-state index is 15.7. The Morgan fingerprint density at radius 1 is 1.12 bits per heavy atom. The molecule has 7 rings (SSSR count). The molecule has 1 aliphatic rings. The Kier molecular flexibility index (Phi) is 8.09. The minimum absolute atomic E-state index is 0.0134. The standard InChI is InChI=1S/C34H28ClF2N7O4/c1-34(2)18-47-17-30(34)44-29-11-19(33(45)46)6-7-27(29)40-31(44)12-20-10-25(37)22(14-24(20)36)26-4-3-5-32(41-26)48-16-28-23(35)13-21(15-38-28)43-9-8-39-42-43/h3-11,13-15,30H,12,16-18H2,1-2H3,(H,45,46). The summed E-state index contributed by atoms with van der Waals surface area (Å²) in [7, 11) is 0. The van der Waals surface area contributed by atoms with Crippen LogP contribution in [0.1, 0.15) is 47.3 Å². The number of fused-ring (bicyclic) bond motifs is 1. The molecule has 0 aliphatic carbocycles. The SMILES string of the molecule is CC1(C)COCC1n1c(Cc2cc(F)c(-c3cccc(OCc4ncc(-n5ccnn5)cc4Cl)n3)cc2F)nc2ccc(C(=O)O)cc21. The van der Waals surface area contributed by atoms with Gasteiger partial charge in [0.1, 0.15) is 24.1 Å². The number of rotatable bonds is 9. The Balaban J connectivity index is 1.15. The van der Waals surface area contributed by atoms with E-state index >= 15 is 8.78 Å². The van der Waals surface area contributed by atoms with Gasteiger partial charge in [0.05, 0.1) is 76.5 Å². The van der Waals surface area contributed by atoms with Crippen molar-refractivity contribution in [3.05, 3.63) is 112 Å². The topological polar surface area (TPSA) is 130 Å². The molecule has 1 atom stereocenters. The Morgan fingerprint density at radius 2 is 1.98 bits per heavy atom. The van der Waals surface area contributed by atoms with Crippen molar-refractivity contribution in [1.29, 1.82) is 0 Å². The van der Waals surface area contributed by atoms with Crippen LogP contribution in [0.15, 0.2) is 73.2 Å². The Bertz CT molecular complexity index is 2170. The van der Waals surface area contributed by atoms with Crippen LogP contribution in [0.25, 0.3) is 28.0 Å². The third-order valence-corrected chi connectivity index (χ3v) is 8.73. The third-order valence-electron chi connectivity index (χ3n) is 8.40. The Labute approximate surface area is 277 Å². The van der Waals surface area contributed by atoms with Crippen LogP contribution in [0.4, 0.5) is 8.78 Å². The molecule has 1 N–H and O–H groups in total. The van der Waals surface area contributed by atoms with E-state index in [1.165, 1.54) is 16.9 Å². The van der Waals surface area contributed by atoms with E-state index in [-0.39, 0.29) is 52.7 Å². The van der Waals surface area contributed by atoms with Crippen molar-refractivity contribution in [2.24, 2.45) is 5.41 Å². The van der Waals surface area contributed by atoms with E-state index in [0.717, 1.165) is 12.1 Å². The van der Waals surface area contributed by atoms with Gasteiger partial charge in [0.25, 0.3) is 0 Å². The maximum Gasteiger partial charge on any atom is 0.335 e. The smallest absolute Gasteiger partial charge is 0.335 e. The van der Waals surface area contributed by atoms with Crippen LogP contribution in [-0.4, -0.2) is 58.8 Å². The fourth-order valence-corrected chi connectivity index (χ4v) is 6.05. The number of carbonyl (C=O) groups is 1. The van der Waals surface area contributed by atoms with E-state index in [9.17, 15) is 9.90 Å². The van der Waals surface area contributed by atoms with Crippen molar-refractivity contribution >= 4 is 28.6 Å². The van der Waals surface area contributed by atoms with Gasteiger partial charge in [-0.05, 0) is 48.0 Å². The lowest BCUT2D eigenvalue weighted by Crippen LogP contribution is -2.27. The summed E-state index contributed by atoms with van der Waals surface area (Å²) in [5, 5.41) is 17.6. The number of nitrogens with zero attached hydrogens (tertiary/aromatic N) is 7. The molecule has 1 unspecified atom stereocenters. The fourth-order valence-electron chi connectivity index (χ4n) is 5.84. The normalized spacial score (nSPS) is 15.6. The van der Waals surface area contributed by atoms with Gasteiger partial charge in [-0.2, -0.15) is 0 Å². The number of aromatic carboxylic acids is 1. The summed E-state index contributed by atoms with van der Waals surface area (Å²) in [5.41, 5.74) is 2.24. The molecule has 2 aromatic carbocycles. The van der Waals surface area contributed by atoms with Crippen LogP contribution in [0.2, 0.25) is 5.02 Å². The summed E-state index contributed by atoms with van der Waals surface area (Å²) >= 11 is 6.40. The molecule has 0 bridgehead atoms. The van der Waals surface area contributed by atoms with Crippen LogP contribution < -0.4 is 4.74 Å². The molecule has 244 valence electrons. The monoisotopic (exact) mass is 671 g/mol. The van der Waals surface area contributed by atoms with Gasteiger partial charge in [0, 0.05) is 23.5 Å². The average molecular weight is 672 g/mol. The number of halogens is 3. The third kappa shape index (κ3) is 5.98. The summed E-state index contributed by atoms with van der Waals surface area (Å²) in [4.78, 5) is 25.2. The Morgan fingerprint density at radius 3 is 2.71 bits per heavy atom. The second-order valence-electron chi connectivity index (χ2n) is 12.1. The second kappa shape index (κ2) is 12.4. The molecule has 48 heavy (non-hydrogen) atoms. The van der Waals surface area contributed by atoms with Crippen LogP contribution >= 0.6 is 11.6 Å². The number of benzene rings is 2. The summed E-state index contributed by atoms with van der Waals surface area (Å²) in [5.74, 6) is -1.75. The van der Waals surface area contributed by atoms with E-state index in [1.807, 2.05) is 18.4 Å². The molecule has 1 aliphatic heterocycles. The van der Waals surface area contributed by atoms with Gasteiger partial charge in [0.15, 0.2) is 0 Å². The van der Waals surface area contributed by atoms with Gasteiger partial charge in [-0.1, -0.05) is 36.7 Å². The first-order chi connectivity index (χ1) is 23.1. The van der Waals surface area contributed by atoms with E-state index in [0.29, 0.717) is 46.5 Å². The number of carboxylic acids is 1. The number of carboxylic acid groups (broad SMARTS) is 1. The molecule has 0 amide bonds. The highest BCUT2D eigenvalue weighted by Gasteiger charge is 2.39. The number of ether oxygens (including phenoxy) is 2. The maximum absolute atomic E-state index is 15.7. The quantitative estimate of drug-likeness (QED) is 0.184. The summed E-state index contributed by atoms with van der Waals surface area (Å²) in [6.07, 6.45) is 4.74. The van der Waals surface area contributed by atoms with Gasteiger partial charge < -0.3 is 19.1 Å². The summed E-state index contributed by atoms with van der Waals surface area (Å²) < 4.78 is 46.4. The molecule has 0 spiro atoms. The summed E-state index contributed by atoms with van der Waals surface area (Å²) in [6.45, 7) is 4.94. The molecule has 1 fully saturated rings. The molecule has 6 aromatic rings. The van der Waals surface area contributed by atoms with E-state index in [4.69, 9.17) is 26.1 Å². The highest BCUT2D eigenvalue weighted by Crippen LogP contribution is 2.40. The zero-order chi connectivity index (χ0) is 33.6. The minimum Gasteiger partial charge on any atom is -0.478 e. The number of hydrogen-bond donors (Lipinski definition) is 1. The highest BCUT2D eigenvalue weighted by atomic mass is 35.5. The molecule has 4 aromatic heterocycles. The lowest BCUT2D eigenvalue weighted by Gasteiger charge is -2.28. The van der Waals surface area contributed by atoms with Gasteiger partial charge in [-0.25, -0.2) is 28.2 Å². The van der Waals surface area contributed by atoms with Gasteiger partial charge in [-0.3, -0.25) is 4.98 Å². The van der Waals surface area contributed by atoms with Crippen LogP contribution in [0.3, 0.4) is 0 Å². The van der Waals surface area contributed by atoms with Crippen molar-refractivity contribution < 1.29 is 28.2 Å². The van der Waals surface area contributed by atoms with Gasteiger partial charge in [-0.15, -0.1) is 5.10 Å². The average Bonchev–Trinajstić information content (AvgIpc) is 3.80. The van der Waals surface area contributed by atoms with Crippen LogP contribution in [0, 0.1) is 17.0 Å². The lowest BCUT2D eigenvalue weighted by atomic mass is 9.87. The second-order valence-corrected chi connectivity index (χ2v) is 12.6. The van der Waals surface area contributed by atoms with Crippen molar-refractivity contribution in [2.45, 2.75) is 32.9 Å². The molecular weight excluding hydrogens is 644 g/mol. The minimum atomic E-state index is -1.07.